The van der Waals surface area contributed by atoms with Crippen molar-refractivity contribution in [3.63, 3.8) is 0 Å². The minimum Gasteiger partial charge on any atom is -0.370 e. The van der Waals surface area contributed by atoms with Crippen LogP contribution >= 0.6 is 23.1 Å². The van der Waals surface area contributed by atoms with Gasteiger partial charge in [-0.15, -0.1) is 5.10 Å². The number of hydrogen-bond donors (Lipinski definition) is 1. The quantitative estimate of drug-likeness (QED) is 0.942. The Morgan fingerprint density at radius 1 is 1.50 bits per heavy atom. The predicted octanol–water partition coefficient (Wildman–Crippen LogP) is 2.70. The molecule has 1 aromatic heterocycles. The first-order chi connectivity index (χ1) is 9.72. The second-order valence-corrected chi connectivity index (χ2v) is 5.82. The highest BCUT2D eigenvalue weighted by Crippen LogP contribution is 2.25. The van der Waals surface area contributed by atoms with E-state index in [1.807, 2.05) is 5.38 Å². The van der Waals surface area contributed by atoms with E-state index in [0.717, 1.165) is 37.4 Å². The molecule has 1 aliphatic rings. The molecule has 7 heteroatoms. The van der Waals surface area contributed by atoms with Gasteiger partial charge in [-0.25, -0.2) is 4.39 Å². The molecule has 0 radical (unpaired) electrons. The Kier molecular flexibility index (Phi) is 4.14. The van der Waals surface area contributed by atoms with Gasteiger partial charge in [0, 0.05) is 36.7 Å². The zero-order chi connectivity index (χ0) is 13.9. The van der Waals surface area contributed by atoms with Crippen LogP contribution in [-0.2, 0) is 6.54 Å². The van der Waals surface area contributed by atoms with Gasteiger partial charge in [0.05, 0.1) is 10.7 Å². The van der Waals surface area contributed by atoms with Crippen molar-refractivity contribution in [1.29, 1.82) is 0 Å². The first-order valence-electron chi connectivity index (χ1n) is 6.41. The third-order valence-corrected chi connectivity index (χ3v) is 4.28. The van der Waals surface area contributed by atoms with Crippen LogP contribution in [0, 0.1) is 5.82 Å². The van der Waals surface area contributed by atoms with Crippen molar-refractivity contribution in [2.45, 2.75) is 19.0 Å². The lowest BCUT2D eigenvalue weighted by atomic mass is 10.2. The summed E-state index contributed by atoms with van der Waals surface area (Å²) in [5, 5.41) is 9.59. The van der Waals surface area contributed by atoms with Gasteiger partial charge in [0.25, 0.3) is 0 Å². The molecule has 20 heavy (non-hydrogen) atoms. The van der Waals surface area contributed by atoms with Crippen molar-refractivity contribution in [2.24, 2.45) is 0 Å². The van der Waals surface area contributed by atoms with Gasteiger partial charge < -0.3 is 10.2 Å². The third kappa shape index (κ3) is 3.08. The predicted molar refractivity (Wildman–Crippen MR) is 78.8 cm³/mol. The molecule has 1 saturated heterocycles. The number of halogens is 2. The van der Waals surface area contributed by atoms with Crippen molar-refractivity contribution in [2.75, 3.05) is 18.0 Å². The maximum atomic E-state index is 13.2. The fraction of sp³-hybridized carbons (Fsp3) is 0.385. The number of anilines is 1. The summed E-state index contributed by atoms with van der Waals surface area (Å²) in [6, 6.07) is 5.28. The number of hydrogen-bond acceptors (Lipinski definition) is 5. The summed E-state index contributed by atoms with van der Waals surface area (Å²) in [4.78, 5) is 2.21. The normalized spacial score (nSPS) is 18.7. The van der Waals surface area contributed by atoms with E-state index in [1.165, 1.54) is 17.6 Å². The van der Waals surface area contributed by atoms with E-state index < -0.39 is 0 Å². The summed E-state index contributed by atoms with van der Waals surface area (Å²) in [6.45, 7) is 2.56. The SMILES string of the molecule is Fc1ccc(N2CCC(NCc3csnn3)C2)cc1Cl. The van der Waals surface area contributed by atoms with Gasteiger partial charge in [0.2, 0.25) is 0 Å². The monoisotopic (exact) mass is 312 g/mol. The van der Waals surface area contributed by atoms with Gasteiger partial charge in [0.1, 0.15) is 5.82 Å². The van der Waals surface area contributed by atoms with Crippen LogP contribution in [0.4, 0.5) is 10.1 Å². The Morgan fingerprint density at radius 2 is 2.40 bits per heavy atom. The number of nitrogens with zero attached hydrogens (tertiary/aromatic N) is 3. The Balaban J connectivity index is 1.57. The summed E-state index contributed by atoms with van der Waals surface area (Å²) in [5.41, 5.74) is 1.94. The van der Waals surface area contributed by atoms with Crippen molar-refractivity contribution in [1.82, 2.24) is 14.9 Å². The summed E-state index contributed by atoms with van der Waals surface area (Å²) in [5.74, 6) is -0.375. The Hall–Kier alpha value is -1.24. The molecule has 1 aromatic carbocycles. The lowest BCUT2D eigenvalue weighted by molar-refractivity contribution is 0.545. The van der Waals surface area contributed by atoms with Gasteiger partial charge in [0.15, 0.2) is 0 Å². The van der Waals surface area contributed by atoms with Gasteiger partial charge in [-0.3, -0.25) is 0 Å². The van der Waals surface area contributed by atoms with E-state index in [9.17, 15) is 4.39 Å². The van der Waals surface area contributed by atoms with Gasteiger partial charge in [-0.1, -0.05) is 16.1 Å². The van der Waals surface area contributed by atoms with Crippen molar-refractivity contribution in [3.05, 3.63) is 40.1 Å². The molecule has 4 nitrogen and oxygen atoms in total. The Morgan fingerprint density at radius 3 is 3.15 bits per heavy atom. The largest absolute Gasteiger partial charge is 0.370 e. The van der Waals surface area contributed by atoms with Crippen LogP contribution in [0.25, 0.3) is 0 Å². The maximum absolute atomic E-state index is 13.2. The molecule has 0 amide bonds. The van der Waals surface area contributed by atoms with E-state index in [0.29, 0.717) is 6.04 Å². The highest BCUT2D eigenvalue weighted by molar-refractivity contribution is 7.03. The number of benzene rings is 1. The summed E-state index contributed by atoms with van der Waals surface area (Å²) < 4.78 is 17.0. The van der Waals surface area contributed by atoms with Crippen LogP contribution in [0.5, 0.6) is 0 Å². The van der Waals surface area contributed by atoms with Crippen LogP contribution in [0.1, 0.15) is 12.1 Å². The molecular formula is C13H14ClFN4S. The number of rotatable bonds is 4. The van der Waals surface area contributed by atoms with Crippen LogP contribution in [0.3, 0.4) is 0 Å². The minimum atomic E-state index is -0.375. The van der Waals surface area contributed by atoms with Gasteiger partial charge in [-0.2, -0.15) is 0 Å². The minimum absolute atomic E-state index is 0.174. The second-order valence-electron chi connectivity index (χ2n) is 4.81. The highest BCUT2D eigenvalue weighted by atomic mass is 35.5. The molecule has 0 bridgehead atoms. The molecule has 1 fully saturated rings. The zero-order valence-corrected chi connectivity index (χ0v) is 12.3. The lowest BCUT2D eigenvalue weighted by Crippen LogP contribution is -2.32. The van der Waals surface area contributed by atoms with E-state index >= 15 is 0 Å². The van der Waals surface area contributed by atoms with Crippen LogP contribution in [0.15, 0.2) is 23.6 Å². The number of aromatic nitrogens is 2. The van der Waals surface area contributed by atoms with Crippen LogP contribution < -0.4 is 10.2 Å². The highest BCUT2D eigenvalue weighted by Gasteiger charge is 2.22. The standard InChI is InChI=1S/C13H14ClFN4S/c14-12-5-11(1-2-13(12)15)19-4-3-9(7-19)16-6-10-8-20-18-17-10/h1-2,5,8-9,16H,3-4,6-7H2. The Labute approximate surface area is 125 Å². The molecule has 2 aromatic rings. The fourth-order valence-electron chi connectivity index (χ4n) is 2.35. The number of nitrogens with one attached hydrogen (secondary N) is 1. The first kappa shape index (κ1) is 13.7. The topological polar surface area (TPSA) is 41.0 Å². The lowest BCUT2D eigenvalue weighted by Gasteiger charge is -2.19. The second kappa shape index (κ2) is 6.03. The molecular weight excluding hydrogens is 299 g/mol. The molecule has 1 aliphatic heterocycles. The molecule has 106 valence electrons. The molecule has 1 unspecified atom stereocenters. The fourth-order valence-corrected chi connectivity index (χ4v) is 2.98. The van der Waals surface area contributed by atoms with Gasteiger partial charge >= 0.3 is 0 Å². The van der Waals surface area contributed by atoms with Crippen molar-refractivity contribution in [3.8, 4) is 0 Å². The van der Waals surface area contributed by atoms with Crippen LogP contribution in [-0.4, -0.2) is 28.7 Å². The van der Waals surface area contributed by atoms with E-state index in [4.69, 9.17) is 11.6 Å². The Bertz CT molecular complexity index is 578. The molecule has 3 rings (SSSR count). The zero-order valence-electron chi connectivity index (χ0n) is 10.7. The van der Waals surface area contributed by atoms with E-state index in [1.54, 1.807) is 12.1 Å². The molecule has 0 aliphatic carbocycles. The molecule has 0 spiro atoms. The van der Waals surface area contributed by atoms with Crippen molar-refractivity contribution < 1.29 is 4.39 Å². The average molecular weight is 313 g/mol. The molecule has 2 heterocycles. The van der Waals surface area contributed by atoms with Crippen molar-refractivity contribution >= 4 is 28.8 Å². The maximum Gasteiger partial charge on any atom is 0.141 e. The van der Waals surface area contributed by atoms with Crippen LogP contribution in [0.2, 0.25) is 5.02 Å². The third-order valence-electron chi connectivity index (χ3n) is 3.43. The first-order valence-corrected chi connectivity index (χ1v) is 7.63. The molecule has 1 atom stereocenters. The average Bonchev–Trinajstić information content (AvgIpc) is 3.10. The molecule has 0 saturated carbocycles. The summed E-state index contributed by atoms with van der Waals surface area (Å²) in [6.07, 6.45) is 1.05. The summed E-state index contributed by atoms with van der Waals surface area (Å²) >= 11 is 7.19. The molecule has 1 N–H and O–H groups in total. The van der Waals surface area contributed by atoms with Gasteiger partial charge in [-0.05, 0) is 36.2 Å². The summed E-state index contributed by atoms with van der Waals surface area (Å²) in [7, 11) is 0. The smallest absolute Gasteiger partial charge is 0.141 e. The van der Waals surface area contributed by atoms with E-state index in [2.05, 4.69) is 19.8 Å². The van der Waals surface area contributed by atoms with E-state index in [-0.39, 0.29) is 10.8 Å².